The first-order chi connectivity index (χ1) is 11.4. The summed E-state index contributed by atoms with van der Waals surface area (Å²) in [6.07, 6.45) is 0. The topological polar surface area (TPSA) is 87.6 Å². The lowest BCUT2D eigenvalue weighted by atomic mass is 10.1. The molecule has 0 spiro atoms. The van der Waals surface area contributed by atoms with Gasteiger partial charge in [-0.05, 0) is 49.4 Å². The van der Waals surface area contributed by atoms with E-state index in [0.29, 0.717) is 22.6 Å². The van der Waals surface area contributed by atoms with E-state index in [2.05, 4.69) is 15.0 Å². The Morgan fingerprint density at radius 2 is 1.88 bits per heavy atom. The summed E-state index contributed by atoms with van der Waals surface area (Å²) in [6, 6.07) is 10.1. The molecule has 0 saturated heterocycles. The van der Waals surface area contributed by atoms with Gasteiger partial charge in [0.2, 0.25) is 10.0 Å². The summed E-state index contributed by atoms with van der Waals surface area (Å²) in [5.41, 5.74) is 1.95. The molecule has 0 bridgehead atoms. The number of carbonyl (C=O) groups is 1. The molecule has 8 heteroatoms. The zero-order valence-corrected chi connectivity index (χ0v) is 13.5. The number of rotatable bonds is 4. The molecule has 2 N–H and O–H groups in total. The van der Waals surface area contributed by atoms with Crippen molar-refractivity contribution in [3.05, 3.63) is 53.8 Å². The monoisotopic (exact) mass is 347 g/mol. The summed E-state index contributed by atoms with van der Waals surface area (Å²) in [7, 11) is -3.42. The van der Waals surface area contributed by atoms with Gasteiger partial charge in [-0.25, -0.2) is 17.8 Å². The van der Waals surface area contributed by atoms with Crippen LogP contribution in [-0.4, -0.2) is 25.8 Å². The molecule has 0 aliphatic carbocycles. The van der Waals surface area contributed by atoms with E-state index < -0.39 is 21.7 Å². The van der Waals surface area contributed by atoms with Gasteiger partial charge in [0.05, 0.1) is 17.1 Å². The molecule has 0 unspecified atom stereocenters. The van der Waals surface area contributed by atoms with Gasteiger partial charge in [-0.1, -0.05) is 0 Å². The molecule has 1 aliphatic heterocycles. The summed E-state index contributed by atoms with van der Waals surface area (Å²) in [5.74, 6) is -0.853. The summed E-state index contributed by atoms with van der Waals surface area (Å²) in [4.78, 5) is 16.3. The fraction of sp³-hybridized carbons (Fsp3) is 0.125. The largest absolute Gasteiger partial charge is 0.320 e. The van der Waals surface area contributed by atoms with Crippen molar-refractivity contribution in [1.29, 1.82) is 0 Å². The quantitative estimate of drug-likeness (QED) is 0.891. The molecule has 1 heterocycles. The number of nitrogens with one attached hydrogen (secondary N) is 2. The third-order valence-corrected chi connectivity index (χ3v) is 4.77. The lowest BCUT2D eigenvalue weighted by molar-refractivity contribution is -0.110. The van der Waals surface area contributed by atoms with Gasteiger partial charge in [0.25, 0.3) is 5.91 Å². The lowest BCUT2D eigenvalue weighted by Gasteiger charge is -2.07. The first kappa shape index (κ1) is 16.1. The Bertz CT molecular complexity index is 938. The number of hydrogen-bond acceptors (Lipinski definition) is 4. The minimum Gasteiger partial charge on any atom is -0.320 e. The highest BCUT2D eigenvalue weighted by Gasteiger charge is 2.26. The fourth-order valence-electron chi connectivity index (χ4n) is 2.22. The molecule has 1 aliphatic rings. The van der Waals surface area contributed by atoms with Gasteiger partial charge >= 0.3 is 0 Å². The van der Waals surface area contributed by atoms with Gasteiger partial charge in [-0.2, -0.15) is 0 Å². The zero-order chi connectivity index (χ0) is 17.3. The van der Waals surface area contributed by atoms with E-state index >= 15 is 0 Å². The van der Waals surface area contributed by atoms with Crippen molar-refractivity contribution in [3.63, 3.8) is 0 Å². The van der Waals surface area contributed by atoms with Crippen molar-refractivity contribution in [2.24, 2.45) is 4.99 Å². The number of anilines is 2. The van der Waals surface area contributed by atoms with Crippen LogP contribution in [0.4, 0.5) is 21.5 Å². The van der Waals surface area contributed by atoms with Gasteiger partial charge in [0.15, 0.2) is 0 Å². The van der Waals surface area contributed by atoms with Crippen molar-refractivity contribution >= 4 is 38.7 Å². The predicted molar refractivity (Wildman–Crippen MR) is 90.8 cm³/mol. The number of hydrogen-bond donors (Lipinski definition) is 2. The minimum atomic E-state index is -3.42. The molecule has 24 heavy (non-hydrogen) atoms. The second-order valence-corrected chi connectivity index (χ2v) is 7.17. The Morgan fingerprint density at radius 1 is 1.17 bits per heavy atom. The van der Waals surface area contributed by atoms with Crippen molar-refractivity contribution in [1.82, 2.24) is 0 Å². The highest BCUT2D eigenvalue weighted by Crippen LogP contribution is 2.29. The van der Waals surface area contributed by atoms with Crippen LogP contribution in [0.1, 0.15) is 12.5 Å². The Morgan fingerprint density at radius 3 is 2.54 bits per heavy atom. The average Bonchev–Trinajstić information content (AvgIpc) is 2.85. The van der Waals surface area contributed by atoms with E-state index in [0.717, 1.165) is 0 Å². The highest BCUT2D eigenvalue weighted by atomic mass is 32.2. The summed E-state index contributed by atoms with van der Waals surface area (Å²) in [5, 5.41) is 2.66. The molecule has 2 aromatic carbocycles. The van der Waals surface area contributed by atoms with Crippen LogP contribution in [-0.2, 0) is 14.8 Å². The summed E-state index contributed by atoms with van der Waals surface area (Å²) < 4.78 is 38.8. The first-order valence-electron chi connectivity index (χ1n) is 7.18. The SMILES string of the molecule is CCS(=O)(=O)Nc1ccc2c(c1)C(=Nc1ccc(F)cc1)C(=O)N2. The number of aliphatic imine (C=N–C) groups is 1. The third-order valence-electron chi connectivity index (χ3n) is 3.46. The van der Waals surface area contributed by atoms with Gasteiger partial charge in [-0.3, -0.25) is 9.52 Å². The summed E-state index contributed by atoms with van der Waals surface area (Å²) >= 11 is 0. The average molecular weight is 347 g/mol. The molecule has 0 atom stereocenters. The van der Waals surface area contributed by atoms with Crippen molar-refractivity contribution < 1.29 is 17.6 Å². The van der Waals surface area contributed by atoms with Crippen molar-refractivity contribution in [3.8, 4) is 0 Å². The molecule has 124 valence electrons. The number of halogens is 1. The van der Waals surface area contributed by atoms with Crippen LogP contribution < -0.4 is 10.0 Å². The maximum absolute atomic E-state index is 13.0. The van der Waals surface area contributed by atoms with Crippen LogP contribution in [0.5, 0.6) is 0 Å². The van der Waals surface area contributed by atoms with Crippen molar-refractivity contribution in [2.45, 2.75) is 6.92 Å². The van der Waals surface area contributed by atoms with E-state index in [9.17, 15) is 17.6 Å². The van der Waals surface area contributed by atoms with Crippen LogP contribution in [0, 0.1) is 5.82 Å². The van der Waals surface area contributed by atoms with Gasteiger partial charge in [-0.15, -0.1) is 0 Å². The summed E-state index contributed by atoms with van der Waals surface area (Å²) in [6.45, 7) is 1.53. The molecule has 2 aromatic rings. The number of benzene rings is 2. The lowest BCUT2D eigenvalue weighted by Crippen LogP contribution is -2.15. The van der Waals surface area contributed by atoms with E-state index in [1.165, 1.54) is 31.2 Å². The molecule has 0 saturated carbocycles. The van der Waals surface area contributed by atoms with Crippen LogP contribution in [0.15, 0.2) is 47.5 Å². The zero-order valence-electron chi connectivity index (χ0n) is 12.7. The Labute approximate surface area is 138 Å². The molecular formula is C16H14FN3O3S. The number of sulfonamides is 1. The number of nitrogens with zero attached hydrogens (tertiary/aromatic N) is 1. The van der Waals surface area contributed by atoms with E-state index in [1.807, 2.05) is 0 Å². The van der Waals surface area contributed by atoms with E-state index in [4.69, 9.17) is 0 Å². The number of amides is 1. The maximum Gasteiger partial charge on any atom is 0.275 e. The maximum atomic E-state index is 13.0. The van der Waals surface area contributed by atoms with Crippen LogP contribution in [0.3, 0.4) is 0 Å². The number of carbonyl (C=O) groups excluding carboxylic acids is 1. The smallest absolute Gasteiger partial charge is 0.275 e. The standard InChI is InChI=1S/C16H14FN3O3S/c1-2-24(22,23)20-12-7-8-14-13(9-12)15(16(21)19-14)18-11-5-3-10(17)4-6-11/h3-9,20H,2H2,1H3,(H,18,19,21). The van der Waals surface area contributed by atoms with E-state index in [1.54, 1.807) is 18.2 Å². The Balaban J connectivity index is 2.00. The molecule has 1 amide bonds. The van der Waals surface area contributed by atoms with Gasteiger partial charge in [0, 0.05) is 11.3 Å². The molecular weight excluding hydrogens is 333 g/mol. The van der Waals surface area contributed by atoms with Crippen LogP contribution in [0.25, 0.3) is 0 Å². The van der Waals surface area contributed by atoms with E-state index in [-0.39, 0.29) is 11.5 Å². The molecule has 0 radical (unpaired) electrons. The molecule has 3 rings (SSSR count). The number of fused-ring (bicyclic) bond motifs is 1. The molecule has 0 aromatic heterocycles. The molecule has 6 nitrogen and oxygen atoms in total. The van der Waals surface area contributed by atoms with Gasteiger partial charge < -0.3 is 5.32 Å². The normalized spacial score (nSPS) is 15.2. The Kier molecular flexibility index (Phi) is 4.06. The second kappa shape index (κ2) is 6.04. The first-order valence-corrected chi connectivity index (χ1v) is 8.84. The minimum absolute atomic E-state index is 0.0577. The van der Waals surface area contributed by atoms with Crippen LogP contribution >= 0.6 is 0 Å². The fourth-order valence-corrected chi connectivity index (χ4v) is 2.85. The van der Waals surface area contributed by atoms with Crippen molar-refractivity contribution in [2.75, 3.05) is 15.8 Å². The van der Waals surface area contributed by atoms with Crippen LogP contribution in [0.2, 0.25) is 0 Å². The molecule has 0 fully saturated rings. The highest BCUT2D eigenvalue weighted by molar-refractivity contribution is 7.92. The second-order valence-electron chi connectivity index (χ2n) is 5.16. The Hall–Kier alpha value is -2.74. The third kappa shape index (κ3) is 3.28. The van der Waals surface area contributed by atoms with Gasteiger partial charge in [0.1, 0.15) is 11.5 Å². The predicted octanol–water partition coefficient (Wildman–Crippen LogP) is 2.66.